The van der Waals surface area contributed by atoms with E-state index in [0.717, 1.165) is 25.9 Å². The van der Waals surface area contributed by atoms with Crippen LogP contribution in [0.2, 0.25) is 0 Å². The Hall–Kier alpha value is -3.87. The van der Waals surface area contributed by atoms with Crippen molar-refractivity contribution in [3.8, 4) is 0 Å². The molecular formula is C33H40N2O5. The number of nitrogens with zero attached hydrogens (tertiary/aromatic N) is 2. The molecule has 212 valence electrons. The Balaban J connectivity index is 1.17. The highest BCUT2D eigenvalue weighted by Gasteiger charge is 2.20. The molecule has 7 nitrogen and oxygen atoms in total. The molecule has 0 aliphatic rings. The number of fused-ring (bicyclic) bond motifs is 2. The average molecular weight is 545 g/mol. The summed E-state index contributed by atoms with van der Waals surface area (Å²) in [5, 5.41) is 2.40. The van der Waals surface area contributed by atoms with Crippen LogP contribution in [0.5, 0.6) is 0 Å². The van der Waals surface area contributed by atoms with Crippen molar-refractivity contribution in [2.75, 3.05) is 13.2 Å². The van der Waals surface area contributed by atoms with E-state index in [-0.39, 0.29) is 11.8 Å². The number of hydrogen-bond acceptors (Lipinski definition) is 5. The van der Waals surface area contributed by atoms with Gasteiger partial charge in [-0.15, -0.1) is 0 Å². The van der Waals surface area contributed by atoms with Crippen LogP contribution in [0, 0.1) is 11.8 Å². The maximum atomic E-state index is 12.5. The highest BCUT2D eigenvalue weighted by molar-refractivity contribution is 5.86. The Kier molecular flexibility index (Phi) is 9.80. The van der Waals surface area contributed by atoms with E-state index in [1.54, 1.807) is 0 Å². The maximum Gasteiger partial charge on any atom is 0.309 e. The number of aryl methyl sites for hydroxylation is 4. The summed E-state index contributed by atoms with van der Waals surface area (Å²) in [6, 6.07) is 16.5. The fraction of sp³-hybridized carbons (Fsp3) is 0.424. The Morgan fingerprint density at radius 3 is 1.48 bits per heavy atom. The van der Waals surface area contributed by atoms with E-state index in [2.05, 4.69) is 59.6 Å². The summed E-state index contributed by atoms with van der Waals surface area (Å²) in [7, 11) is 0. The molecule has 0 N–H and O–H groups in total. The molecule has 2 aromatic heterocycles. The second-order valence-corrected chi connectivity index (χ2v) is 10.5. The fourth-order valence-electron chi connectivity index (χ4n) is 5.18. The van der Waals surface area contributed by atoms with Gasteiger partial charge in [0.2, 0.25) is 5.78 Å². The van der Waals surface area contributed by atoms with Crippen molar-refractivity contribution < 1.29 is 23.9 Å². The van der Waals surface area contributed by atoms with Gasteiger partial charge >= 0.3 is 11.9 Å². The number of carbonyl (C=O) groups is 3. The van der Waals surface area contributed by atoms with Gasteiger partial charge in [0.25, 0.3) is 0 Å². The Morgan fingerprint density at radius 1 is 0.675 bits per heavy atom. The molecule has 2 heterocycles. The number of aromatic nitrogens is 2. The molecule has 4 aromatic rings. The highest BCUT2D eigenvalue weighted by Crippen LogP contribution is 2.25. The molecule has 0 amide bonds. The molecule has 40 heavy (non-hydrogen) atoms. The lowest BCUT2D eigenvalue weighted by Gasteiger charge is -2.12. The number of Topliss-reactive ketones (excluding diaryl/α,β-unsaturated/α-hetero) is 1. The summed E-state index contributed by atoms with van der Waals surface area (Å²) in [6.45, 7) is 8.82. The van der Waals surface area contributed by atoms with Gasteiger partial charge in [-0.25, -0.2) is 0 Å². The smallest absolute Gasteiger partial charge is 0.309 e. The van der Waals surface area contributed by atoms with Crippen LogP contribution in [-0.4, -0.2) is 40.1 Å². The van der Waals surface area contributed by atoms with E-state index in [9.17, 15) is 14.4 Å². The van der Waals surface area contributed by atoms with Gasteiger partial charge in [0, 0.05) is 47.3 Å². The molecule has 2 aromatic carbocycles. The molecule has 0 spiro atoms. The summed E-state index contributed by atoms with van der Waals surface area (Å²) in [5.41, 5.74) is 4.78. The minimum Gasteiger partial charge on any atom is -0.457 e. The second-order valence-electron chi connectivity index (χ2n) is 10.5. The number of esters is 2. The first kappa shape index (κ1) is 29.1. The standard InChI is InChI=1S/C33H40N2O5/c1-5-34-19-25(28-11-7-9-13-30(28)34)17-15-23(3)32(37)39-21-27(36)22-40-33(38)24(4)16-18-26-20-35(6-2)31-14-10-8-12-29(26)31/h7-14,19-20,23-24H,5-6,15-18,21-22H2,1-4H3. The van der Waals surface area contributed by atoms with Crippen molar-refractivity contribution in [2.45, 2.75) is 66.5 Å². The van der Waals surface area contributed by atoms with E-state index in [0.29, 0.717) is 12.8 Å². The minimum absolute atomic E-state index is 0.349. The first-order valence-electron chi connectivity index (χ1n) is 14.3. The fourth-order valence-corrected chi connectivity index (χ4v) is 5.18. The molecule has 0 bridgehead atoms. The van der Waals surface area contributed by atoms with E-state index in [1.165, 1.54) is 32.9 Å². The van der Waals surface area contributed by atoms with Crippen molar-refractivity contribution >= 4 is 39.5 Å². The van der Waals surface area contributed by atoms with Crippen molar-refractivity contribution in [2.24, 2.45) is 11.8 Å². The van der Waals surface area contributed by atoms with Gasteiger partial charge < -0.3 is 18.6 Å². The molecule has 0 saturated carbocycles. The zero-order chi connectivity index (χ0) is 28.6. The predicted octanol–water partition coefficient (Wildman–Crippen LogP) is 6.13. The van der Waals surface area contributed by atoms with Crippen LogP contribution in [0.25, 0.3) is 21.8 Å². The zero-order valence-corrected chi connectivity index (χ0v) is 24.0. The number of para-hydroxylation sites is 2. The molecule has 0 radical (unpaired) electrons. The minimum atomic E-state index is -0.432. The van der Waals surface area contributed by atoms with Crippen LogP contribution in [0.15, 0.2) is 60.9 Å². The third-order valence-electron chi connectivity index (χ3n) is 7.67. The summed E-state index contributed by atoms with van der Waals surface area (Å²) in [5.74, 6) is -1.97. The third kappa shape index (κ3) is 6.82. The summed E-state index contributed by atoms with van der Waals surface area (Å²) >= 11 is 0. The van der Waals surface area contributed by atoms with Gasteiger partial charge in [0.1, 0.15) is 0 Å². The lowest BCUT2D eigenvalue weighted by molar-refractivity contribution is -0.156. The molecule has 7 heteroatoms. The van der Waals surface area contributed by atoms with Crippen molar-refractivity contribution in [1.29, 1.82) is 0 Å². The van der Waals surface area contributed by atoms with Gasteiger partial charge in [-0.3, -0.25) is 14.4 Å². The first-order valence-corrected chi connectivity index (χ1v) is 14.3. The van der Waals surface area contributed by atoms with Gasteiger partial charge in [0.05, 0.1) is 11.8 Å². The van der Waals surface area contributed by atoms with Crippen LogP contribution in [0.4, 0.5) is 0 Å². The molecule has 4 rings (SSSR count). The number of benzene rings is 2. The number of hydrogen-bond donors (Lipinski definition) is 0. The lowest BCUT2D eigenvalue weighted by Crippen LogP contribution is -2.25. The van der Waals surface area contributed by atoms with Gasteiger partial charge in [0.15, 0.2) is 13.2 Å². The van der Waals surface area contributed by atoms with Crippen LogP contribution in [0.3, 0.4) is 0 Å². The van der Waals surface area contributed by atoms with Crippen LogP contribution in [0.1, 0.15) is 51.7 Å². The molecular weight excluding hydrogens is 504 g/mol. The molecule has 0 aliphatic carbocycles. The monoisotopic (exact) mass is 544 g/mol. The molecule has 2 unspecified atom stereocenters. The van der Waals surface area contributed by atoms with E-state index in [4.69, 9.17) is 9.47 Å². The van der Waals surface area contributed by atoms with Gasteiger partial charge in [-0.2, -0.15) is 0 Å². The largest absolute Gasteiger partial charge is 0.457 e. The van der Waals surface area contributed by atoms with Gasteiger partial charge in [-0.1, -0.05) is 50.2 Å². The predicted molar refractivity (Wildman–Crippen MR) is 157 cm³/mol. The molecule has 0 aliphatic heterocycles. The quantitative estimate of drug-likeness (QED) is 0.179. The number of carbonyl (C=O) groups excluding carboxylic acids is 3. The van der Waals surface area contributed by atoms with Crippen molar-refractivity contribution in [3.63, 3.8) is 0 Å². The Bertz CT molecular complexity index is 1370. The van der Waals surface area contributed by atoms with Gasteiger partial charge in [-0.05, 0) is 62.8 Å². The van der Waals surface area contributed by atoms with Crippen LogP contribution >= 0.6 is 0 Å². The molecule has 2 atom stereocenters. The molecule has 0 fully saturated rings. The zero-order valence-electron chi connectivity index (χ0n) is 24.0. The van der Waals surface area contributed by atoms with E-state index in [1.807, 2.05) is 38.1 Å². The average Bonchev–Trinajstić information content (AvgIpc) is 3.53. The second kappa shape index (κ2) is 13.5. The summed E-state index contributed by atoms with van der Waals surface area (Å²) in [4.78, 5) is 37.2. The van der Waals surface area contributed by atoms with Crippen LogP contribution < -0.4 is 0 Å². The maximum absolute atomic E-state index is 12.5. The molecule has 0 saturated heterocycles. The first-order chi connectivity index (χ1) is 19.3. The number of ether oxygens (including phenoxy) is 2. The third-order valence-corrected chi connectivity index (χ3v) is 7.67. The van der Waals surface area contributed by atoms with E-state index < -0.39 is 30.9 Å². The normalized spacial score (nSPS) is 12.9. The topological polar surface area (TPSA) is 79.5 Å². The summed E-state index contributed by atoms with van der Waals surface area (Å²) < 4.78 is 14.9. The van der Waals surface area contributed by atoms with Crippen LogP contribution in [-0.2, 0) is 49.8 Å². The van der Waals surface area contributed by atoms with Crippen molar-refractivity contribution in [3.05, 3.63) is 72.1 Å². The summed E-state index contributed by atoms with van der Waals surface area (Å²) in [6.07, 6.45) is 7.01. The SMILES string of the molecule is CCn1cc(CCC(C)C(=O)OCC(=O)COC(=O)C(C)CCc2cn(CC)c3ccccc23)c2ccccc21. The highest BCUT2D eigenvalue weighted by atomic mass is 16.6. The van der Waals surface area contributed by atoms with Crippen molar-refractivity contribution in [1.82, 2.24) is 9.13 Å². The Labute approximate surface area is 236 Å². The van der Waals surface area contributed by atoms with E-state index >= 15 is 0 Å². The lowest BCUT2D eigenvalue weighted by atomic mass is 10.0. The number of rotatable bonds is 14. The number of ketones is 1. The Morgan fingerprint density at radius 2 is 1.07 bits per heavy atom.